The van der Waals surface area contributed by atoms with E-state index in [1.807, 2.05) is 13.0 Å². The largest absolute Gasteiger partial charge is 0.606 e. The Morgan fingerprint density at radius 1 is 1.03 bits per heavy atom. The number of benzene rings is 3. The predicted octanol–water partition coefficient (Wildman–Crippen LogP) is 3.78. The Bertz CT molecular complexity index is 1210. The Hall–Kier alpha value is -3.49. The lowest BCUT2D eigenvalue weighted by Gasteiger charge is -2.20. The standard InChI is InChI=1S/C25H24N2O5S/c1-4-27-20-13-16(24(28)26-15-17-9-11-18(31-2)14-21(17)32-3)10-12-23(20)33(30)22-8-6-5-7-19(22)25(27)29/h5-14H,4,15H2,1-3H3,(H,26,28). The van der Waals surface area contributed by atoms with Gasteiger partial charge in [-0.25, -0.2) is 0 Å². The van der Waals surface area contributed by atoms with E-state index in [1.54, 1.807) is 73.7 Å². The van der Waals surface area contributed by atoms with E-state index in [1.165, 1.54) is 0 Å². The second kappa shape index (κ2) is 9.56. The number of carbonyl (C=O) groups is 2. The lowest BCUT2D eigenvalue weighted by molar-refractivity contribution is 0.0947. The molecule has 1 N–H and O–H groups in total. The highest BCUT2D eigenvalue weighted by molar-refractivity contribution is 7.91. The normalized spacial score (nSPS) is 14.7. The van der Waals surface area contributed by atoms with Crippen LogP contribution in [-0.2, 0) is 17.7 Å². The molecule has 2 amide bonds. The zero-order valence-electron chi connectivity index (χ0n) is 18.6. The fourth-order valence-corrected chi connectivity index (χ4v) is 5.14. The van der Waals surface area contributed by atoms with E-state index in [0.717, 1.165) is 5.56 Å². The molecule has 3 aromatic rings. The molecule has 1 heterocycles. The summed E-state index contributed by atoms with van der Waals surface area (Å²) in [6.45, 7) is 2.48. The minimum absolute atomic E-state index is 0.235. The van der Waals surface area contributed by atoms with Crippen molar-refractivity contribution in [3.8, 4) is 11.5 Å². The van der Waals surface area contributed by atoms with Gasteiger partial charge in [0.1, 0.15) is 17.2 Å². The lowest BCUT2D eigenvalue weighted by Crippen LogP contribution is -2.31. The van der Waals surface area contributed by atoms with Crippen molar-refractivity contribution < 1.29 is 23.6 Å². The summed E-state index contributed by atoms with van der Waals surface area (Å²) in [5.74, 6) is 0.714. The number of methoxy groups -OCH3 is 2. The first kappa shape index (κ1) is 22.7. The first-order chi connectivity index (χ1) is 16.0. The Labute approximate surface area is 195 Å². The molecule has 7 nitrogen and oxygen atoms in total. The summed E-state index contributed by atoms with van der Waals surface area (Å²) in [6.07, 6.45) is 0. The SMILES string of the molecule is CCN1C(=O)c2ccccc2[S+]([O-])c2ccc(C(=O)NCc3ccc(OC)cc3OC)cc21. The molecule has 3 aromatic carbocycles. The number of carbonyl (C=O) groups excluding carboxylic acids is 2. The maximum Gasteiger partial charge on any atom is 0.263 e. The molecular weight excluding hydrogens is 440 g/mol. The van der Waals surface area contributed by atoms with Crippen molar-refractivity contribution in [3.63, 3.8) is 0 Å². The highest BCUT2D eigenvalue weighted by atomic mass is 32.2. The molecule has 0 spiro atoms. The molecule has 1 aliphatic heterocycles. The van der Waals surface area contributed by atoms with Crippen LogP contribution in [0.1, 0.15) is 33.2 Å². The number of nitrogens with one attached hydrogen (secondary N) is 1. The number of amides is 2. The molecule has 0 saturated carbocycles. The Morgan fingerprint density at radius 2 is 1.82 bits per heavy atom. The summed E-state index contributed by atoms with van der Waals surface area (Å²) in [5, 5.41) is 2.88. The monoisotopic (exact) mass is 464 g/mol. The average molecular weight is 465 g/mol. The molecule has 0 saturated heterocycles. The summed E-state index contributed by atoms with van der Waals surface area (Å²) in [4.78, 5) is 28.6. The van der Waals surface area contributed by atoms with Crippen LogP contribution in [0.25, 0.3) is 0 Å². The van der Waals surface area contributed by atoms with E-state index >= 15 is 0 Å². The van der Waals surface area contributed by atoms with Crippen LogP contribution in [-0.4, -0.2) is 37.1 Å². The molecule has 0 aromatic heterocycles. The van der Waals surface area contributed by atoms with Gasteiger partial charge in [-0.3, -0.25) is 9.59 Å². The molecule has 8 heteroatoms. The molecule has 33 heavy (non-hydrogen) atoms. The van der Waals surface area contributed by atoms with Gasteiger partial charge in [0, 0.05) is 41.5 Å². The topological polar surface area (TPSA) is 90.9 Å². The summed E-state index contributed by atoms with van der Waals surface area (Å²) >= 11 is -1.54. The summed E-state index contributed by atoms with van der Waals surface area (Å²) in [7, 11) is 3.13. The van der Waals surface area contributed by atoms with Crippen LogP contribution < -0.4 is 19.7 Å². The second-order valence-electron chi connectivity index (χ2n) is 7.36. The van der Waals surface area contributed by atoms with Crippen molar-refractivity contribution in [1.29, 1.82) is 0 Å². The quantitative estimate of drug-likeness (QED) is 0.561. The number of anilines is 1. The van der Waals surface area contributed by atoms with Crippen molar-refractivity contribution in [2.75, 3.05) is 25.7 Å². The number of hydrogen-bond acceptors (Lipinski definition) is 5. The minimum Gasteiger partial charge on any atom is -0.606 e. The van der Waals surface area contributed by atoms with E-state index in [0.29, 0.717) is 44.6 Å². The van der Waals surface area contributed by atoms with Crippen LogP contribution in [0.15, 0.2) is 70.5 Å². The van der Waals surface area contributed by atoms with Crippen LogP contribution in [0.5, 0.6) is 11.5 Å². The van der Waals surface area contributed by atoms with Crippen LogP contribution >= 0.6 is 0 Å². The molecule has 1 unspecified atom stereocenters. The van der Waals surface area contributed by atoms with Crippen molar-refractivity contribution in [1.82, 2.24) is 5.32 Å². The van der Waals surface area contributed by atoms with E-state index in [2.05, 4.69) is 5.32 Å². The summed E-state index contributed by atoms with van der Waals surface area (Å²) < 4.78 is 23.9. The van der Waals surface area contributed by atoms with Crippen LogP contribution in [0.4, 0.5) is 5.69 Å². The van der Waals surface area contributed by atoms with Crippen LogP contribution in [0.3, 0.4) is 0 Å². The number of ether oxygens (including phenoxy) is 2. The number of rotatable bonds is 6. The van der Waals surface area contributed by atoms with Gasteiger partial charge in [0.15, 0.2) is 9.79 Å². The average Bonchev–Trinajstić information content (AvgIpc) is 2.95. The lowest BCUT2D eigenvalue weighted by atomic mass is 10.1. The Balaban J connectivity index is 1.62. The second-order valence-corrected chi connectivity index (χ2v) is 8.77. The van der Waals surface area contributed by atoms with E-state index in [4.69, 9.17) is 9.47 Å². The third-order valence-corrected chi connectivity index (χ3v) is 7.02. The number of nitrogens with zero attached hydrogens (tertiary/aromatic N) is 1. The van der Waals surface area contributed by atoms with Crippen molar-refractivity contribution in [2.24, 2.45) is 0 Å². The molecule has 0 bridgehead atoms. The van der Waals surface area contributed by atoms with Gasteiger partial charge >= 0.3 is 0 Å². The maximum absolute atomic E-state index is 13.3. The van der Waals surface area contributed by atoms with Gasteiger partial charge in [0.2, 0.25) is 0 Å². The van der Waals surface area contributed by atoms with Crippen LogP contribution in [0.2, 0.25) is 0 Å². The third kappa shape index (κ3) is 4.27. The summed E-state index contributed by atoms with van der Waals surface area (Å²) in [5.41, 5.74) is 2.05. The Kier molecular flexibility index (Phi) is 6.57. The molecule has 0 aliphatic carbocycles. The fraction of sp³-hybridized carbons (Fsp3) is 0.200. The van der Waals surface area contributed by atoms with Gasteiger partial charge in [-0.15, -0.1) is 0 Å². The van der Waals surface area contributed by atoms with Gasteiger partial charge in [-0.2, -0.15) is 0 Å². The van der Waals surface area contributed by atoms with Crippen molar-refractivity contribution in [2.45, 2.75) is 23.3 Å². The van der Waals surface area contributed by atoms with Crippen LogP contribution in [0, 0.1) is 0 Å². The number of hydrogen-bond donors (Lipinski definition) is 1. The highest BCUT2D eigenvalue weighted by Gasteiger charge is 2.35. The van der Waals surface area contributed by atoms with Crippen molar-refractivity contribution in [3.05, 3.63) is 77.4 Å². The third-order valence-electron chi connectivity index (χ3n) is 5.52. The van der Waals surface area contributed by atoms with E-state index < -0.39 is 11.2 Å². The first-order valence-corrected chi connectivity index (χ1v) is 11.6. The smallest absolute Gasteiger partial charge is 0.263 e. The first-order valence-electron chi connectivity index (χ1n) is 10.4. The van der Waals surface area contributed by atoms with Gasteiger partial charge in [0.25, 0.3) is 11.8 Å². The zero-order chi connectivity index (χ0) is 23.5. The molecule has 1 aliphatic rings. The molecular formula is C25H24N2O5S. The van der Waals surface area contributed by atoms with Gasteiger partial charge < -0.3 is 24.2 Å². The van der Waals surface area contributed by atoms with Gasteiger partial charge in [-0.1, -0.05) is 12.1 Å². The fourth-order valence-electron chi connectivity index (χ4n) is 3.79. The van der Waals surface area contributed by atoms with E-state index in [9.17, 15) is 14.1 Å². The molecule has 0 radical (unpaired) electrons. The van der Waals surface area contributed by atoms with Gasteiger partial charge in [0.05, 0.1) is 19.8 Å². The molecule has 0 fully saturated rings. The summed E-state index contributed by atoms with van der Waals surface area (Å²) in [6, 6.07) is 17.2. The zero-order valence-corrected chi connectivity index (χ0v) is 19.4. The van der Waals surface area contributed by atoms with E-state index in [-0.39, 0.29) is 18.4 Å². The Morgan fingerprint density at radius 3 is 2.55 bits per heavy atom. The number of fused-ring (bicyclic) bond motifs is 2. The van der Waals surface area contributed by atoms with Crippen molar-refractivity contribution >= 4 is 28.7 Å². The molecule has 1 atom stereocenters. The molecule has 4 rings (SSSR count). The highest BCUT2D eigenvalue weighted by Crippen LogP contribution is 2.37. The minimum atomic E-state index is -1.54. The maximum atomic E-state index is 13.3. The van der Waals surface area contributed by atoms with Gasteiger partial charge in [-0.05, 0) is 49.4 Å². The molecule has 170 valence electrons. The predicted molar refractivity (Wildman–Crippen MR) is 126 cm³/mol.